The lowest BCUT2D eigenvalue weighted by Crippen LogP contribution is -1.89. The molecule has 2 aromatic heterocycles. The molecular formula is C7H6BrClN3OP. The Morgan fingerprint density at radius 1 is 1.57 bits per heavy atom. The lowest BCUT2D eigenvalue weighted by atomic mass is 10.4. The van der Waals surface area contributed by atoms with Crippen molar-refractivity contribution in [3.05, 3.63) is 16.0 Å². The number of halogens is 2. The van der Waals surface area contributed by atoms with Crippen LogP contribution in [0.25, 0.3) is 11.0 Å². The fourth-order valence-corrected chi connectivity index (χ4v) is 2.08. The van der Waals surface area contributed by atoms with Crippen LogP contribution in [0.3, 0.4) is 0 Å². The smallest absolute Gasteiger partial charge is 0.231 e. The van der Waals surface area contributed by atoms with Crippen molar-refractivity contribution < 1.29 is 4.52 Å². The van der Waals surface area contributed by atoms with Crippen LogP contribution in [0.4, 0.5) is 0 Å². The second-order valence-corrected chi connectivity index (χ2v) is 4.27. The molecular weight excluding hydrogens is 288 g/mol. The molecule has 1 unspecified atom stereocenters. The van der Waals surface area contributed by atoms with Gasteiger partial charge in [-0.25, -0.2) is 0 Å². The number of nitrogens with one attached hydrogen (secondary N) is 1. The van der Waals surface area contributed by atoms with E-state index in [2.05, 4.69) is 30.9 Å². The van der Waals surface area contributed by atoms with E-state index >= 15 is 0 Å². The van der Waals surface area contributed by atoms with E-state index in [1.54, 1.807) is 6.20 Å². The minimum absolute atomic E-state index is 0.181. The van der Waals surface area contributed by atoms with Crippen LogP contribution in [0.5, 0.6) is 5.88 Å². The van der Waals surface area contributed by atoms with Crippen molar-refractivity contribution in [1.29, 1.82) is 0 Å². The zero-order chi connectivity index (χ0) is 10.1. The molecule has 74 valence electrons. The average molecular weight is 294 g/mol. The van der Waals surface area contributed by atoms with E-state index in [0.29, 0.717) is 20.3 Å². The van der Waals surface area contributed by atoms with Gasteiger partial charge in [-0.15, -0.1) is 0 Å². The summed E-state index contributed by atoms with van der Waals surface area (Å²) in [4.78, 5) is 11.0. The summed E-state index contributed by atoms with van der Waals surface area (Å²) >= 11 is 9.12. The molecule has 0 bridgehead atoms. The number of hydrogen-bond acceptors (Lipinski definition) is 3. The normalized spacial score (nSPS) is 11.6. The van der Waals surface area contributed by atoms with Crippen LogP contribution < -0.4 is 4.52 Å². The summed E-state index contributed by atoms with van der Waals surface area (Å²) in [5, 5.41) is 1.00. The van der Waals surface area contributed by atoms with Crippen molar-refractivity contribution in [2.75, 3.05) is 6.66 Å². The Bertz CT molecular complexity index is 475. The Morgan fingerprint density at radius 3 is 3.07 bits per heavy atom. The predicted octanol–water partition coefficient (Wildman–Crippen LogP) is 2.98. The molecule has 2 rings (SSSR count). The minimum atomic E-state index is 0.181. The van der Waals surface area contributed by atoms with Gasteiger partial charge in [0.2, 0.25) is 11.2 Å². The number of rotatable bonds is 2. The molecule has 0 radical (unpaired) electrons. The van der Waals surface area contributed by atoms with Crippen molar-refractivity contribution in [2.45, 2.75) is 0 Å². The third kappa shape index (κ3) is 1.72. The largest absolute Gasteiger partial charge is 0.460 e. The standard InChI is InChI=1S/C7H6BrClN3OP/c1-14-13-6-4-3(8)2-10-5(4)11-7(9)12-6/h2,14H,1H3,(H,10,11,12). The van der Waals surface area contributed by atoms with Gasteiger partial charge in [-0.2, -0.15) is 9.97 Å². The van der Waals surface area contributed by atoms with E-state index < -0.39 is 0 Å². The molecule has 0 aliphatic carbocycles. The molecule has 2 aromatic rings. The summed E-state index contributed by atoms with van der Waals surface area (Å²) in [6, 6.07) is 0. The average Bonchev–Trinajstić information content (AvgIpc) is 2.48. The molecule has 0 amide bonds. The van der Waals surface area contributed by atoms with Crippen LogP contribution in [-0.2, 0) is 0 Å². The molecule has 0 fully saturated rings. The summed E-state index contributed by atoms with van der Waals surface area (Å²) in [6.45, 7) is 1.92. The molecule has 1 N–H and O–H groups in total. The van der Waals surface area contributed by atoms with Gasteiger partial charge in [0.15, 0.2) is 0 Å². The molecule has 7 heteroatoms. The molecule has 0 spiro atoms. The third-order valence-corrected chi connectivity index (χ3v) is 2.81. The van der Waals surface area contributed by atoms with E-state index in [0.717, 1.165) is 9.86 Å². The van der Waals surface area contributed by atoms with Gasteiger partial charge in [-0.3, -0.25) is 0 Å². The van der Waals surface area contributed by atoms with E-state index in [1.165, 1.54) is 0 Å². The number of aromatic nitrogens is 3. The molecule has 1 atom stereocenters. The van der Waals surface area contributed by atoms with Gasteiger partial charge in [0.25, 0.3) is 0 Å². The first-order valence-corrected chi connectivity index (χ1v) is 6.34. The van der Waals surface area contributed by atoms with Gasteiger partial charge in [-0.1, -0.05) is 0 Å². The first-order valence-electron chi connectivity index (χ1n) is 3.76. The van der Waals surface area contributed by atoms with Crippen molar-refractivity contribution in [2.24, 2.45) is 0 Å². The number of fused-ring (bicyclic) bond motifs is 1. The van der Waals surface area contributed by atoms with Gasteiger partial charge in [-0.05, 0) is 34.2 Å². The number of nitrogens with zero attached hydrogens (tertiary/aromatic N) is 2. The molecule has 0 saturated carbocycles. The predicted molar refractivity (Wildman–Crippen MR) is 61.5 cm³/mol. The maximum Gasteiger partial charge on any atom is 0.231 e. The quantitative estimate of drug-likeness (QED) is 0.684. The van der Waals surface area contributed by atoms with Crippen molar-refractivity contribution >= 4 is 47.4 Å². The first kappa shape index (κ1) is 10.1. The SMILES string of the molecule is CPOc1nc(Cl)nc2[nH]cc(Br)c12. The number of hydrogen-bond donors (Lipinski definition) is 1. The molecule has 0 saturated heterocycles. The molecule has 4 nitrogen and oxygen atoms in total. The topological polar surface area (TPSA) is 50.8 Å². The van der Waals surface area contributed by atoms with Crippen LogP contribution in [0.1, 0.15) is 0 Å². The maximum absolute atomic E-state index is 5.73. The minimum Gasteiger partial charge on any atom is -0.460 e. The van der Waals surface area contributed by atoms with Crippen LogP contribution in [0.15, 0.2) is 10.7 Å². The Balaban J connectivity index is 2.70. The van der Waals surface area contributed by atoms with Crippen molar-refractivity contribution in [3.8, 4) is 5.88 Å². The van der Waals surface area contributed by atoms with Crippen LogP contribution >= 0.6 is 36.3 Å². The van der Waals surface area contributed by atoms with E-state index in [-0.39, 0.29) is 5.28 Å². The first-order chi connectivity index (χ1) is 6.72. The molecule has 2 heterocycles. The summed E-state index contributed by atoms with van der Waals surface area (Å²) < 4.78 is 6.25. The summed E-state index contributed by atoms with van der Waals surface area (Å²) in [5.74, 6) is 0.508. The lowest BCUT2D eigenvalue weighted by molar-refractivity contribution is 0.613. The van der Waals surface area contributed by atoms with Crippen LogP contribution in [0, 0.1) is 0 Å². The Morgan fingerprint density at radius 2 is 2.36 bits per heavy atom. The number of H-pyrrole nitrogens is 1. The van der Waals surface area contributed by atoms with Crippen LogP contribution in [-0.4, -0.2) is 21.6 Å². The lowest BCUT2D eigenvalue weighted by Gasteiger charge is -2.02. The molecule has 14 heavy (non-hydrogen) atoms. The second kappa shape index (κ2) is 4.01. The van der Waals surface area contributed by atoms with Gasteiger partial charge in [0.1, 0.15) is 5.65 Å². The van der Waals surface area contributed by atoms with Crippen LogP contribution in [0.2, 0.25) is 5.28 Å². The number of aromatic amines is 1. The summed E-state index contributed by atoms with van der Waals surface area (Å²) in [7, 11) is 0.320. The molecule has 0 aliphatic rings. The monoisotopic (exact) mass is 293 g/mol. The Labute approximate surface area is 95.4 Å². The van der Waals surface area contributed by atoms with Crippen molar-refractivity contribution in [3.63, 3.8) is 0 Å². The van der Waals surface area contributed by atoms with Gasteiger partial charge in [0, 0.05) is 10.7 Å². The van der Waals surface area contributed by atoms with E-state index in [9.17, 15) is 0 Å². The highest BCUT2D eigenvalue weighted by molar-refractivity contribution is 9.10. The second-order valence-electron chi connectivity index (χ2n) is 2.46. The highest BCUT2D eigenvalue weighted by Crippen LogP contribution is 2.32. The zero-order valence-electron chi connectivity index (χ0n) is 7.14. The highest BCUT2D eigenvalue weighted by atomic mass is 79.9. The fourth-order valence-electron chi connectivity index (χ4n) is 1.11. The highest BCUT2D eigenvalue weighted by Gasteiger charge is 2.12. The maximum atomic E-state index is 5.73. The Kier molecular flexibility index (Phi) is 2.91. The van der Waals surface area contributed by atoms with Crippen molar-refractivity contribution in [1.82, 2.24) is 15.0 Å². The molecule has 0 aromatic carbocycles. The zero-order valence-corrected chi connectivity index (χ0v) is 10.5. The van der Waals surface area contributed by atoms with Gasteiger partial charge < -0.3 is 9.51 Å². The summed E-state index contributed by atoms with van der Waals surface area (Å²) in [5.41, 5.74) is 0.671. The fraction of sp³-hybridized carbons (Fsp3) is 0.143. The van der Waals surface area contributed by atoms with Gasteiger partial charge in [0.05, 0.1) is 14.2 Å². The Hall–Kier alpha value is -0.380. The van der Waals surface area contributed by atoms with E-state index in [1.807, 2.05) is 6.66 Å². The molecule has 0 aliphatic heterocycles. The van der Waals surface area contributed by atoms with E-state index in [4.69, 9.17) is 16.1 Å². The van der Waals surface area contributed by atoms with Gasteiger partial charge >= 0.3 is 0 Å². The third-order valence-electron chi connectivity index (χ3n) is 1.62. The summed E-state index contributed by atoms with van der Waals surface area (Å²) in [6.07, 6.45) is 1.78.